The van der Waals surface area contributed by atoms with Crippen molar-refractivity contribution in [2.45, 2.75) is 56.4 Å². The van der Waals surface area contributed by atoms with Gasteiger partial charge in [0.05, 0.1) is 5.69 Å². The molecule has 0 aliphatic heterocycles. The largest absolute Gasteiger partial charge is 0.327 e. The Labute approximate surface area is 119 Å². The number of pyridine rings is 1. The topological polar surface area (TPSA) is 43.3 Å². The summed E-state index contributed by atoms with van der Waals surface area (Å²) in [5, 5.41) is 1.73. The second-order valence-corrected chi connectivity index (χ2v) is 6.43. The maximum absolute atomic E-state index is 6.14. The molecular weight excluding hydrogens is 254 g/mol. The van der Waals surface area contributed by atoms with Gasteiger partial charge >= 0.3 is 0 Å². The molecule has 0 radical (unpaired) electrons. The molecule has 0 aliphatic rings. The molecule has 4 heteroatoms. The van der Waals surface area contributed by atoms with E-state index in [2.05, 4.69) is 37.4 Å². The lowest BCUT2D eigenvalue weighted by molar-refractivity contribution is 0.626. The van der Waals surface area contributed by atoms with Crippen LogP contribution in [0.5, 0.6) is 0 Å². The molecule has 0 saturated heterocycles. The van der Waals surface area contributed by atoms with Gasteiger partial charge in [0, 0.05) is 23.9 Å². The fraction of sp³-hybridized carbons (Fsp3) is 0.533. The molecule has 0 fully saturated rings. The summed E-state index contributed by atoms with van der Waals surface area (Å²) in [4.78, 5) is 4.76. The number of nitrogens with zero attached hydrogens (tertiary/aromatic N) is 2. The van der Waals surface area contributed by atoms with E-state index in [0.29, 0.717) is 5.25 Å². The van der Waals surface area contributed by atoms with Gasteiger partial charge in [0.25, 0.3) is 0 Å². The first kappa shape index (κ1) is 14.4. The molecule has 3 nitrogen and oxygen atoms in total. The number of fused-ring (bicyclic) bond motifs is 1. The molecule has 2 atom stereocenters. The number of thioether (sulfide) groups is 1. The van der Waals surface area contributed by atoms with Crippen molar-refractivity contribution < 1.29 is 0 Å². The van der Waals surface area contributed by atoms with Crippen LogP contribution in [0.1, 0.15) is 39.3 Å². The summed E-state index contributed by atoms with van der Waals surface area (Å²) in [6.07, 6.45) is 5.12. The van der Waals surface area contributed by atoms with Crippen LogP contribution in [0.25, 0.3) is 5.65 Å². The maximum Gasteiger partial charge on any atom is 0.138 e. The summed E-state index contributed by atoms with van der Waals surface area (Å²) in [6.45, 7) is 6.60. The number of hydrogen-bond donors (Lipinski definition) is 1. The zero-order chi connectivity index (χ0) is 13.8. The van der Waals surface area contributed by atoms with E-state index >= 15 is 0 Å². The Morgan fingerprint density at radius 3 is 2.79 bits per heavy atom. The quantitative estimate of drug-likeness (QED) is 0.822. The third kappa shape index (κ3) is 3.31. The molecule has 0 aliphatic carbocycles. The van der Waals surface area contributed by atoms with Crippen LogP contribution in [-0.2, 0) is 6.42 Å². The van der Waals surface area contributed by atoms with Crippen molar-refractivity contribution in [3.63, 3.8) is 0 Å². The molecule has 2 unspecified atom stereocenters. The highest BCUT2D eigenvalue weighted by Crippen LogP contribution is 2.29. The molecule has 0 aromatic carbocycles. The highest BCUT2D eigenvalue weighted by Gasteiger charge is 2.16. The molecule has 2 aromatic heterocycles. The molecule has 0 saturated carbocycles. The molecule has 2 rings (SSSR count). The lowest BCUT2D eigenvalue weighted by Crippen LogP contribution is -2.22. The minimum atomic E-state index is 0.205. The summed E-state index contributed by atoms with van der Waals surface area (Å²) < 4.78 is 2.18. The minimum Gasteiger partial charge on any atom is -0.327 e. The Balaban J connectivity index is 2.39. The molecule has 0 spiro atoms. The zero-order valence-electron chi connectivity index (χ0n) is 12.0. The smallest absolute Gasteiger partial charge is 0.138 e. The molecule has 2 N–H and O–H groups in total. The van der Waals surface area contributed by atoms with Crippen molar-refractivity contribution in [2.75, 3.05) is 0 Å². The van der Waals surface area contributed by atoms with Gasteiger partial charge in [0.15, 0.2) is 0 Å². The first-order valence-electron chi connectivity index (χ1n) is 7.03. The zero-order valence-corrected chi connectivity index (χ0v) is 12.8. The molecule has 0 amide bonds. The van der Waals surface area contributed by atoms with Crippen LogP contribution >= 0.6 is 11.8 Å². The third-order valence-electron chi connectivity index (χ3n) is 3.46. The first-order chi connectivity index (χ1) is 9.15. The molecular formula is C15H23N3S. The van der Waals surface area contributed by atoms with Crippen LogP contribution in [0.2, 0.25) is 0 Å². The minimum absolute atomic E-state index is 0.205. The molecule has 19 heavy (non-hydrogen) atoms. The van der Waals surface area contributed by atoms with Gasteiger partial charge < -0.3 is 10.1 Å². The number of nitrogens with two attached hydrogens (primary N) is 1. The van der Waals surface area contributed by atoms with Crippen LogP contribution in [0, 0.1) is 0 Å². The molecule has 0 bridgehead atoms. The Bertz CT molecular complexity index is 535. The lowest BCUT2D eigenvalue weighted by atomic mass is 10.1. The second-order valence-electron chi connectivity index (χ2n) is 5.00. The van der Waals surface area contributed by atoms with Gasteiger partial charge in [0.2, 0.25) is 0 Å². The van der Waals surface area contributed by atoms with Crippen LogP contribution < -0.4 is 5.73 Å². The van der Waals surface area contributed by atoms with Gasteiger partial charge in [-0.15, -0.1) is 11.8 Å². The van der Waals surface area contributed by atoms with E-state index in [0.717, 1.165) is 29.9 Å². The van der Waals surface area contributed by atoms with Gasteiger partial charge in [0.1, 0.15) is 10.7 Å². The highest BCUT2D eigenvalue weighted by atomic mass is 32.2. The van der Waals surface area contributed by atoms with Crippen molar-refractivity contribution in [1.82, 2.24) is 9.38 Å². The molecule has 2 aromatic rings. The van der Waals surface area contributed by atoms with E-state index in [9.17, 15) is 0 Å². The summed E-state index contributed by atoms with van der Waals surface area (Å²) in [5.41, 5.74) is 8.42. The van der Waals surface area contributed by atoms with Crippen molar-refractivity contribution in [1.29, 1.82) is 0 Å². The first-order valence-corrected chi connectivity index (χ1v) is 7.91. The van der Waals surface area contributed by atoms with E-state index in [4.69, 9.17) is 10.7 Å². The number of rotatable bonds is 6. The monoisotopic (exact) mass is 277 g/mol. The van der Waals surface area contributed by atoms with Crippen molar-refractivity contribution >= 4 is 17.4 Å². The van der Waals surface area contributed by atoms with E-state index in [1.54, 1.807) is 0 Å². The standard InChI is InChI=1S/C15H23N3S/c1-4-11(3)19-15-13(10-12(16)5-2)18-9-7-6-8-14(18)17-15/h6-9,11-12H,4-5,10,16H2,1-3H3. The lowest BCUT2D eigenvalue weighted by Gasteiger charge is -2.12. The summed E-state index contributed by atoms with van der Waals surface area (Å²) in [5.74, 6) is 0. The van der Waals surface area contributed by atoms with Crippen molar-refractivity contribution in [2.24, 2.45) is 5.73 Å². The number of hydrogen-bond acceptors (Lipinski definition) is 3. The van der Waals surface area contributed by atoms with Crippen LogP contribution in [0.3, 0.4) is 0 Å². The van der Waals surface area contributed by atoms with Crippen LogP contribution in [-0.4, -0.2) is 20.7 Å². The van der Waals surface area contributed by atoms with Gasteiger partial charge in [-0.05, 0) is 25.0 Å². The Hall–Kier alpha value is -1.00. The van der Waals surface area contributed by atoms with Crippen LogP contribution in [0.4, 0.5) is 0 Å². The van der Waals surface area contributed by atoms with E-state index < -0.39 is 0 Å². The predicted octanol–water partition coefficient (Wildman–Crippen LogP) is 3.50. The van der Waals surface area contributed by atoms with Gasteiger partial charge in [-0.3, -0.25) is 0 Å². The molecule has 2 heterocycles. The third-order valence-corrected chi connectivity index (χ3v) is 4.75. The predicted molar refractivity (Wildman–Crippen MR) is 82.8 cm³/mol. The Morgan fingerprint density at radius 1 is 1.32 bits per heavy atom. The Kier molecular flexibility index (Phi) is 4.88. The van der Waals surface area contributed by atoms with E-state index in [1.165, 1.54) is 5.69 Å². The van der Waals surface area contributed by atoms with Crippen molar-refractivity contribution in [3.05, 3.63) is 30.1 Å². The average molecular weight is 277 g/mol. The number of imidazole rings is 1. The maximum atomic E-state index is 6.14. The average Bonchev–Trinajstić information content (AvgIpc) is 2.76. The van der Waals surface area contributed by atoms with Gasteiger partial charge in [-0.2, -0.15) is 0 Å². The van der Waals surface area contributed by atoms with Crippen molar-refractivity contribution in [3.8, 4) is 0 Å². The Morgan fingerprint density at radius 2 is 2.11 bits per heavy atom. The normalized spacial score (nSPS) is 14.7. The fourth-order valence-electron chi connectivity index (χ4n) is 1.97. The van der Waals surface area contributed by atoms with E-state index in [1.807, 2.05) is 23.9 Å². The van der Waals surface area contributed by atoms with Gasteiger partial charge in [-0.1, -0.05) is 26.8 Å². The summed E-state index contributed by atoms with van der Waals surface area (Å²) in [7, 11) is 0. The highest BCUT2D eigenvalue weighted by molar-refractivity contribution is 7.99. The summed E-state index contributed by atoms with van der Waals surface area (Å²) >= 11 is 1.86. The fourth-order valence-corrected chi connectivity index (χ4v) is 2.98. The van der Waals surface area contributed by atoms with Gasteiger partial charge in [-0.25, -0.2) is 4.98 Å². The summed E-state index contributed by atoms with van der Waals surface area (Å²) in [6, 6.07) is 6.34. The SMILES string of the molecule is CCC(N)Cc1c(SC(C)CC)nc2ccccn12. The number of aromatic nitrogens is 2. The van der Waals surface area contributed by atoms with E-state index in [-0.39, 0.29) is 6.04 Å². The molecule has 104 valence electrons. The second kappa shape index (κ2) is 6.44. The van der Waals surface area contributed by atoms with Crippen LogP contribution in [0.15, 0.2) is 29.4 Å².